The lowest BCUT2D eigenvalue weighted by Crippen LogP contribution is -2.37. The molecule has 2 N–H and O–H groups in total. The molecule has 1 rings (SSSR count). The third kappa shape index (κ3) is 4.31. The predicted molar refractivity (Wildman–Crippen MR) is 72.5 cm³/mol. The maximum absolute atomic E-state index is 13.5. The van der Waals surface area contributed by atoms with Crippen molar-refractivity contribution in [1.82, 2.24) is 5.32 Å². The number of thioether (sulfide) groups is 1. The first kappa shape index (κ1) is 15.0. The van der Waals surface area contributed by atoms with Crippen LogP contribution in [0.4, 0.5) is 4.39 Å². The molecule has 0 aliphatic carbocycles. The summed E-state index contributed by atoms with van der Waals surface area (Å²) in [6, 6.07) is 4.30. The number of aliphatic hydroxyl groups excluding tert-OH is 1. The summed E-state index contributed by atoms with van der Waals surface area (Å²) < 4.78 is 13.5. The van der Waals surface area contributed by atoms with Crippen molar-refractivity contribution in [2.45, 2.75) is 19.4 Å². The first-order valence-corrected chi connectivity index (χ1v) is 7.14. The molecule has 0 saturated carbocycles. The minimum atomic E-state index is -0.523. The van der Waals surface area contributed by atoms with Crippen molar-refractivity contribution in [2.75, 3.05) is 18.6 Å². The van der Waals surface area contributed by atoms with Crippen LogP contribution >= 0.6 is 11.8 Å². The van der Waals surface area contributed by atoms with Gasteiger partial charge in [-0.2, -0.15) is 11.8 Å². The molecular formula is C13H18FNO2S. The number of carbonyl (C=O) groups is 1. The number of benzene rings is 1. The van der Waals surface area contributed by atoms with Gasteiger partial charge in [0.05, 0.1) is 5.56 Å². The van der Waals surface area contributed by atoms with Crippen LogP contribution in [0.15, 0.2) is 18.2 Å². The molecule has 0 aliphatic rings. The fourth-order valence-corrected chi connectivity index (χ4v) is 2.28. The number of aryl methyl sites for hydroxylation is 1. The highest BCUT2D eigenvalue weighted by atomic mass is 32.2. The Balaban J connectivity index is 2.76. The third-order valence-corrected chi connectivity index (χ3v) is 3.28. The van der Waals surface area contributed by atoms with Gasteiger partial charge in [-0.15, -0.1) is 0 Å². The second-order valence-electron chi connectivity index (χ2n) is 4.12. The number of halogens is 1. The lowest BCUT2D eigenvalue weighted by atomic mass is 10.1. The molecule has 0 fully saturated rings. The fraction of sp³-hybridized carbons (Fsp3) is 0.462. The van der Waals surface area contributed by atoms with Crippen LogP contribution in [-0.4, -0.2) is 35.7 Å². The van der Waals surface area contributed by atoms with Gasteiger partial charge in [0.1, 0.15) is 5.82 Å². The zero-order valence-corrected chi connectivity index (χ0v) is 11.4. The van der Waals surface area contributed by atoms with Gasteiger partial charge in [0.15, 0.2) is 0 Å². The van der Waals surface area contributed by atoms with Crippen molar-refractivity contribution >= 4 is 17.7 Å². The van der Waals surface area contributed by atoms with Gasteiger partial charge in [-0.3, -0.25) is 4.79 Å². The maximum Gasteiger partial charge on any atom is 0.254 e. The molecule has 1 unspecified atom stereocenters. The monoisotopic (exact) mass is 271 g/mol. The predicted octanol–water partition coefficient (Wildman–Crippen LogP) is 1.98. The Labute approximate surface area is 111 Å². The van der Waals surface area contributed by atoms with Crippen LogP contribution in [0.2, 0.25) is 0 Å². The van der Waals surface area contributed by atoms with E-state index in [0.717, 1.165) is 5.56 Å². The summed E-state index contributed by atoms with van der Waals surface area (Å²) in [6.45, 7) is 1.81. The van der Waals surface area contributed by atoms with Gasteiger partial charge in [-0.1, -0.05) is 11.6 Å². The standard InChI is InChI=1S/C13H18FNO2S/c1-9-3-4-12(14)11(7-9)13(17)15-10(5-6-16)8-18-2/h3-4,7,10,16H,5-6,8H2,1-2H3,(H,15,17). The van der Waals surface area contributed by atoms with E-state index in [1.54, 1.807) is 17.8 Å². The Morgan fingerprint density at radius 3 is 2.89 bits per heavy atom. The van der Waals surface area contributed by atoms with Crippen LogP contribution in [0.25, 0.3) is 0 Å². The van der Waals surface area contributed by atoms with Crippen molar-refractivity contribution in [2.24, 2.45) is 0 Å². The van der Waals surface area contributed by atoms with E-state index in [1.807, 2.05) is 13.2 Å². The molecule has 0 heterocycles. The van der Waals surface area contributed by atoms with E-state index in [1.165, 1.54) is 12.1 Å². The molecule has 100 valence electrons. The van der Waals surface area contributed by atoms with Gasteiger partial charge in [-0.25, -0.2) is 4.39 Å². The molecule has 5 heteroatoms. The number of amides is 1. The summed E-state index contributed by atoms with van der Waals surface area (Å²) in [7, 11) is 0. The molecule has 0 aromatic heterocycles. The summed E-state index contributed by atoms with van der Waals surface area (Å²) in [4.78, 5) is 11.9. The van der Waals surface area contributed by atoms with Crippen molar-refractivity contribution < 1.29 is 14.3 Å². The van der Waals surface area contributed by atoms with Gasteiger partial charge in [-0.05, 0) is 31.7 Å². The van der Waals surface area contributed by atoms with E-state index in [-0.39, 0.29) is 18.2 Å². The number of rotatable bonds is 6. The van der Waals surface area contributed by atoms with Crippen LogP contribution in [0.3, 0.4) is 0 Å². The van der Waals surface area contributed by atoms with Gasteiger partial charge in [0.2, 0.25) is 0 Å². The summed E-state index contributed by atoms with van der Waals surface area (Å²) in [5.41, 5.74) is 0.893. The SMILES string of the molecule is CSCC(CCO)NC(=O)c1cc(C)ccc1F. The first-order valence-electron chi connectivity index (χ1n) is 5.75. The van der Waals surface area contributed by atoms with Crippen molar-refractivity contribution in [1.29, 1.82) is 0 Å². The fourth-order valence-electron chi connectivity index (χ4n) is 1.63. The van der Waals surface area contributed by atoms with Gasteiger partial charge < -0.3 is 10.4 Å². The third-order valence-electron chi connectivity index (χ3n) is 2.55. The molecule has 1 aromatic carbocycles. The average molecular weight is 271 g/mol. The quantitative estimate of drug-likeness (QED) is 0.832. The van der Waals surface area contributed by atoms with Crippen LogP contribution < -0.4 is 5.32 Å². The summed E-state index contributed by atoms with van der Waals surface area (Å²) in [6.07, 6.45) is 2.39. The lowest BCUT2D eigenvalue weighted by Gasteiger charge is -2.17. The average Bonchev–Trinajstić information content (AvgIpc) is 2.33. The zero-order valence-electron chi connectivity index (χ0n) is 10.6. The molecule has 0 aliphatic heterocycles. The highest BCUT2D eigenvalue weighted by Crippen LogP contribution is 2.11. The second-order valence-corrected chi connectivity index (χ2v) is 5.03. The van der Waals surface area contributed by atoms with E-state index in [9.17, 15) is 9.18 Å². The Bertz CT molecular complexity index is 406. The number of hydrogen-bond acceptors (Lipinski definition) is 3. The van der Waals surface area contributed by atoms with Crippen LogP contribution in [0.1, 0.15) is 22.3 Å². The second kappa shape index (κ2) is 7.38. The van der Waals surface area contributed by atoms with Gasteiger partial charge in [0.25, 0.3) is 5.91 Å². The van der Waals surface area contributed by atoms with Crippen molar-refractivity contribution in [3.63, 3.8) is 0 Å². The molecule has 0 radical (unpaired) electrons. The van der Waals surface area contributed by atoms with E-state index in [0.29, 0.717) is 12.2 Å². The Hall–Kier alpha value is -1.07. The molecule has 1 atom stereocenters. The Morgan fingerprint density at radius 2 is 2.28 bits per heavy atom. The summed E-state index contributed by atoms with van der Waals surface area (Å²) >= 11 is 1.57. The highest BCUT2D eigenvalue weighted by Gasteiger charge is 2.16. The zero-order chi connectivity index (χ0) is 13.5. The van der Waals surface area contributed by atoms with Crippen molar-refractivity contribution in [3.8, 4) is 0 Å². The van der Waals surface area contributed by atoms with Gasteiger partial charge >= 0.3 is 0 Å². The number of carbonyl (C=O) groups excluding carboxylic acids is 1. The Kier molecular flexibility index (Phi) is 6.15. The van der Waals surface area contributed by atoms with Gasteiger partial charge in [0, 0.05) is 18.4 Å². The molecule has 1 amide bonds. The lowest BCUT2D eigenvalue weighted by molar-refractivity contribution is 0.0931. The summed E-state index contributed by atoms with van der Waals surface area (Å²) in [5.74, 6) is -0.256. The molecule has 3 nitrogen and oxygen atoms in total. The van der Waals surface area contributed by atoms with Crippen LogP contribution in [0.5, 0.6) is 0 Å². The number of nitrogens with one attached hydrogen (secondary N) is 1. The Morgan fingerprint density at radius 1 is 1.56 bits per heavy atom. The van der Waals surface area contributed by atoms with Crippen LogP contribution in [0, 0.1) is 12.7 Å². The summed E-state index contributed by atoms with van der Waals surface area (Å²) in [5, 5.41) is 11.7. The van der Waals surface area contributed by atoms with E-state index < -0.39 is 11.7 Å². The molecule has 18 heavy (non-hydrogen) atoms. The van der Waals surface area contributed by atoms with E-state index in [4.69, 9.17) is 5.11 Å². The first-order chi connectivity index (χ1) is 8.58. The largest absolute Gasteiger partial charge is 0.396 e. The molecule has 0 bridgehead atoms. The molecule has 0 saturated heterocycles. The molecular weight excluding hydrogens is 253 g/mol. The minimum Gasteiger partial charge on any atom is -0.396 e. The number of aliphatic hydroxyl groups is 1. The van der Waals surface area contributed by atoms with Crippen LogP contribution in [-0.2, 0) is 0 Å². The van der Waals surface area contributed by atoms with E-state index >= 15 is 0 Å². The number of hydrogen-bond donors (Lipinski definition) is 2. The normalized spacial score (nSPS) is 12.2. The minimum absolute atomic E-state index is 0.00179. The van der Waals surface area contributed by atoms with Crippen molar-refractivity contribution in [3.05, 3.63) is 35.1 Å². The topological polar surface area (TPSA) is 49.3 Å². The van der Waals surface area contributed by atoms with E-state index in [2.05, 4.69) is 5.32 Å². The highest BCUT2D eigenvalue weighted by molar-refractivity contribution is 7.98. The smallest absolute Gasteiger partial charge is 0.254 e. The molecule has 0 spiro atoms. The maximum atomic E-state index is 13.5. The molecule has 1 aromatic rings.